The predicted molar refractivity (Wildman–Crippen MR) is 118 cm³/mol. The number of nitrogens with zero attached hydrogens (tertiary/aromatic N) is 3. The van der Waals surface area contributed by atoms with E-state index in [-0.39, 0.29) is 17.6 Å². The van der Waals surface area contributed by atoms with E-state index in [1.165, 1.54) is 4.80 Å². The summed E-state index contributed by atoms with van der Waals surface area (Å²) in [6, 6.07) is 9.29. The van der Waals surface area contributed by atoms with Crippen molar-refractivity contribution in [2.45, 2.75) is 33.7 Å². The van der Waals surface area contributed by atoms with E-state index in [0.29, 0.717) is 22.9 Å². The highest BCUT2D eigenvalue weighted by molar-refractivity contribution is 5.93. The van der Waals surface area contributed by atoms with Gasteiger partial charge in [-0.2, -0.15) is 9.90 Å². The molecule has 8 nitrogen and oxygen atoms in total. The molecule has 1 heterocycles. The summed E-state index contributed by atoms with van der Waals surface area (Å²) in [5, 5.41) is 11.8. The summed E-state index contributed by atoms with van der Waals surface area (Å²) < 4.78 is 16.2. The van der Waals surface area contributed by atoms with Crippen LogP contribution in [-0.4, -0.2) is 42.2 Å². The quantitative estimate of drug-likeness (QED) is 0.622. The summed E-state index contributed by atoms with van der Waals surface area (Å²) in [7, 11) is 4.66. The Morgan fingerprint density at radius 2 is 1.61 bits per heavy atom. The van der Waals surface area contributed by atoms with Crippen molar-refractivity contribution < 1.29 is 19.0 Å². The molecule has 1 N–H and O–H groups in total. The van der Waals surface area contributed by atoms with Gasteiger partial charge in [0.05, 0.1) is 38.8 Å². The summed E-state index contributed by atoms with van der Waals surface area (Å²) in [5.41, 5.74) is 4.66. The lowest BCUT2D eigenvalue weighted by Crippen LogP contribution is -2.27. The first kappa shape index (κ1) is 22.1. The maximum absolute atomic E-state index is 13.0. The average Bonchev–Trinajstić information content (AvgIpc) is 3.13. The molecule has 0 bridgehead atoms. The van der Waals surface area contributed by atoms with Gasteiger partial charge in [-0.05, 0) is 57.0 Å². The first-order chi connectivity index (χ1) is 14.8. The molecule has 0 fully saturated rings. The summed E-state index contributed by atoms with van der Waals surface area (Å²) in [5.74, 6) is 1.24. The summed E-state index contributed by atoms with van der Waals surface area (Å²) in [4.78, 5) is 14.5. The van der Waals surface area contributed by atoms with Crippen LogP contribution < -0.4 is 19.5 Å². The standard InChI is InChI=1S/C23H28N4O4/c1-13-8-9-18(14(2)10-13)27-25-16(4)21(26-27)23(28)24-15(3)17-11-19(29-5)22(31-7)20(12-17)30-6/h8-12,15H,1-7H3,(H,24,28). The highest BCUT2D eigenvalue weighted by Gasteiger charge is 2.21. The molecule has 8 heteroatoms. The third-order valence-electron chi connectivity index (χ3n) is 5.10. The summed E-state index contributed by atoms with van der Waals surface area (Å²) >= 11 is 0. The largest absolute Gasteiger partial charge is 0.493 e. The molecule has 3 aromatic rings. The third kappa shape index (κ3) is 4.47. The van der Waals surface area contributed by atoms with Gasteiger partial charge in [-0.25, -0.2) is 0 Å². The molecule has 1 aromatic heterocycles. The molecule has 0 radical (unpaired) electrons. The van der Waals surface area contributed by atoms with Crippen LogP contribution in [0.5, 0.6) is 17.2 Å². The number of carbonyl (C=O) groups is 1. The molecule has 164 valence electrons. The second-order valence-electron chi connectivity index (χ2n) is 7.37. The van der Waals surface area contributed by atoms with Crippen molar-refractivity contribution in [2.75, 3.05) is 21.3 Å². The number of rotatable bonds is 7. The maximum Gasteiger partial charge on any atom is 0.274 e. The highest BCUT2D eigenvalue weighted by Crippen LogP contribution is 2.39. The molecule has 0 aliphatic rings. The van der Waals surface area contributed by atoms with Crippen LogP contribution in [0, 0.1) is 20.8 Å². The second kappa shape index (κ2) is 9.07. The van der Waals surface area contributed by atoms with E-state index in [1.54, 1.807) is 28.3 Å². The van der Waals surface area contributed by atoms with Gasteiger partial charge < -0.3 is 19.5 Å². The number of methoxy groups -OCH3 is 3. The molecule has 2 aromatic carbocycles. The van der Waals surface area contributed by atoms with Crippen LogP contribution in [-0.2, 0) is 0 Å². The molecule has 31 heavy (non-hydrogen) atoms. The number of nitrogens with one attached hydrogen (secondary N) is 1. The van der Waals surface area contributed by atoms with Gasteiger partial charge in [-0.15, -0.1) is 5.10 Å². The fourth-order valence-corrected chi connectivity index (χ4v) is 3.43. The van der Waals surface area contributed by atoms with Gasteiger partial charge >= 0.3 is 0 Å². The first-order valence-corrected chi connectivity index (χ1v) is 9.91. The minimum atomic E-state index is -0.327. The van der Waals surface area contributed by atoms with Crippen LogP contribution in [0.1, 0.15) is 45.8 Å². The Hall–Kier alpha value is -3.55. The Balaban J connectivity index is 1.86. The molecule has 0 spiro atoms. The molecule has 3 rings (SSSR count). The van der Waals surface area contributed by atoms with E-state index >= 15 is 0 Å². The zero-order chi connectivity index (χ0) is 22.7. The molecule has 0 saturated carbocycles. The molecule has 0 aliphatic heterocycles. The number of aryl methyl sites for hydroxylation is 3. The van der Waals surface area contributed by atoms with Crippen LogP contribution >= 0.6 is 0 Å². The number of hydrogen-bond donors (Lipinski definition) is 1. The Morgan fingerprint density at radius 3 is 2.16 bits per heavy atom. The molecular weight excluding hydrogens is 396 g/mol. The monoisotopic (exact) mass is 424 g/mol. The molecule has 1 atom stereocenters. The van der Waals surface area contributed by atoms with E-state index in [1.807, 2.05) is 45.0 Å². The Morgan fingerprint density at radius 1 is 0.968 bits per heavy atom. The van der Waals surface area contributed by atoms with Gasteiger partial charge in [0.25, 0.3) is 5.91 Å². The first-order valence-electron chi connectivity index (χ1n) is 9.91. The van der Waals surface area contributed by atoms with Gasteiger partial charge in [0, 0.05) is 0 Å². The number of carbonyl (C=O) groups excluding carboxylic acids is 1. The Bertz CT molecular complexity index is 1080. The van der Waals surface area contributed by atoms with Crippen LogP contribution in [0.3, 0.4) is 0 Å². The molecule has 1 amide bonds. The van der Waals surface area contributed by atoms with E-state index < -0.39 is 0 Å². The predicted octanol–water partition coefficient (Wildman–Crippen LogP) is 3.71. The topological polar surface area (TPSA) is 87.5 Å². The Kier molecular flexibility index (Phi) is 6.48. The van der Waals surface area contributed by atoms with Crippen molar-refractivity contribution in [3.63, 3.8) is 0 Å². The lowest BCUT2D eigenvalue weighted by atomic mass is 10.1. The van der Waals surface area contributed by atoms with Gasteiger partial charge in [0.2, 0.25) is 5.75 Å². The van der Waals surface area contributed by atoms with Crippen molar-refractivity contribution in [1.82, 2.24) is 20.3 Å². The van der Waals surface area contributed by atoms with E-state index in [0.717, 1.165) is 22.4 Å². The Labute approximate surface area is 182 Å². The second-order valence-corrected chi connectivity index (χ2v) is 7.37. The van der Waals surface area contributed by atoms with Gasteiger partial charge in [0.15, 0.2) is 17.2 Å². The van der Waals surface area contributed by atoms with E-state index in [2.05, 4.69) is 21.6 Å². The normalized spacial score (nSPS) is 11.7. The molecule has 1 unspecified atom stereocenters. The smallest absolute Gasteiger partial charge is 0.274 e. The maximum atomic E-state index is 13.0. The van der Waals surface area contributed by atoms with Crippen molar-refractivity contribution in [3.8, 4) is 22.9 Å². The van der Waals surface area contributed by atoms with Crippen LogP contribution in [0.4, 0.5) is 0 Å². The third-order valence-corrected chi connectivity index (χ3v) is 5.10. The fourth-order valence-electron chi connectivity index (χ4n) is 3.43. The van der Waals surface area contributed by atoms with Crippen molar-refractivity contribution in [2.24, 2.45) is 0 Å². The lowest BCUT2D eigenvalue weighted by molar-refractivity contribution is 0.0933. The van der Waals surface area contributed by atoms with Crippen molar-refractivity contribution >= 4 is 5.91 Å². The molecule has 0 aliphatic carbocycles. The highest BCUT2D eigenvalue weighted by atomic mass is 16.5. The molecule has 0 saturated heterocycles. The number of aromatic nitrogens is 3. The van der Waals surface area contributed by atoms with E-state index in [9.17, 15) is 4.79 Å². The van der Waals surface area contributed by atoms with Gasteiger partial charge in [-0.1, -0.05) is 17.7 Å². The van der Waals surface area contributed by atoms with Crippen LogP contribution in [0.15, 0.2) is 30.3 Å². The molecular formula is C23H28N4O4. The number of ether oxygens (including phenoxy) is 3. The van der Waals surface area contributed by atoms with Crippen LogP contribution in [0.2, 0.25) is 0 Å². The fraction of sp³-hybridized carbons (Fsp3) is 0.348. The number of hydrogen-bond acceptors (Lipinski definition) is 6. The summed E-state index contributed by atoms with van der Waals surface area (Å²) in [6.07, 6.45) is 0. The average molecular weight is 425 g/mol. The zero-order valence-corrected chi connectivity index (χ0v) is 18.9. The number of benzene rings is 2. The summed E-state index contributed by atoms with van der Waals surface area (Å²) in [6.45, 7) is 7.67. The van der Waals surface area contributed by atoms with Crippen molar-refractivity contribution in [1.29, 1.82) is 0 Å². The van der Waals surface area contributed by atoms with Gasteiger partial charge in [0.1, 0.15) is 0 Å². The minimum absolute atomic E-state index is 0.277. The van der Waals surface area contributed by atoms with Crippen LogP contribution in [0.25, 0.3) is 5.69 Å². The SMILES string of the molecule is COc1cc(C(C)NC(=O)c2nn(-c3ccc(C)cc3C)nc2C)cc(OC)c1OC. The van der Waals surface area contributed by atoms with E-state index in [4.69, 9.17) is 14.2 Å². The minimum Gasteiger partial charge on any atom is -0.493 e. The van der Waals surface area contributed by atoms with Crippen molar-refractivity contribution in [3.05, 3.63) is 58.4 Å². The lowest BCUT2D eigenvalue weighted by Gasteiger charge is -2.18. The zero-order valence-electron chi connectivity index (χ0n) is 18.9. The van der Waals surface area contributed by atoms with Gasteiger partial charge in [-0.3, -0.25) is 4.79 Å². The number of amides is 1.